The minimum Gasteiger partial charge on any atom is -0.346 e. The molecule has 28 heavy (non-hydrogen) atoms. The Kier molecular flexibility index (Phi) is 5.97. The molecule has 3 aliphatic rings. The number of aromatic nitrogens is 2. The van der Waals surface area contributed by atoms with Gasteiger partial charge in [0.1, 0.15) is 5.82 Å². The smallest absolute Gasteiger partial charge is 0.222 e. The molecule has 154 valence electrons. The van der Waals surface area contributed by atoms with Crippen molar-refractivity contribution in [2.75, 3.05) is 40.3 Å². The van der Waals surface area contributed by atoms with Gasteiger partial charge in [-0.15, -0.1) is 0 Å². The summed E-state index contributed by atoms with van der Waals surface area (Å²) in [6.45, 7) is 4.90. The Hall–Kier alpha value is -1.53. The molecule has 3 heterocycles. The van der Waals surface area contributed by atoms with Crippen molar-refractivity contribution in [3.05, 3.63) is 23.8 Å². The molecular formula is C22H35N5O. The molecule has 2 aliphatic heterocycles. The van der Waals surface area contributed by atoms with E-state index >= 15 is 0 Å². The fourth-order valence-corrected chi connectivity index (χ4v) is 5.25. The second-order valence-electron chi connectivity index (χ2n) is 9.21. The van der Waals surface area contributed by atoms with Gasteiger partial charge in [-0.25, -0.2) is 9.97 Å². The van der Waals surface area contributed by atoms with E-state index in [1.165, 1.54) is 37.7 Å². The van der Waals surface area contributed by atoms with Crippen LogP contribution in [0.5, 0.6) is 0 Å². The average molecular weight is 386 g/mol. The molecule has 0 radical (unpaired) electrons. The quantitative estimate of drug-likeness (QED) is 0.801. The first-order valence-electron chi connectivity index (χ1n) is 11.0. The summed E-state index contributed by atoms with van der Waals surface area (Å²) in [6.07, 6.45) is 13.3. The minimum atomic E-state index is 0.113. The molecule has 1 amide bonds. The molecular weight excluding hydrogens is 350 g/mol. The lowest BCUT2D eigenvalue weighted by Crippen LogP contribution is -2.60. The Morgan fingerprint density at radius 1 is 1.04 bits per heavy atom. The highest BCUT2D eigenvalue weighted by atomic mass is 16.2. The van der Waals surface area contributed by atoms with E-state index in [4.69, 9.17) is 9.97 Å². The van der Waals surface area contributed by atoms with Crippen LogP contribution in [0.15, 0.2) is 12.4 Å². The number of hydrogen-bond acceptors (Lipinski definition) is 5. The zero-order valence-electron chi connectivity index (χ0n) is 17.6. The van der Waals surface area contributed by atoms with Crippen LogP contribution in [0.3, 0.4) is 0 Å². The monoisotopic (exact) mass is 385 g/mol. The maximum atomic E-state index is 12.2. The van der Waals surface area contributed by atoms with Crippen LogP contribution in [0.2, 0.25) is 0 Å². The van der Waals surface area contributed by atoms with Gasteiger partial charge in [-0.05, 0) is 32.7 Å². The Labute approximate surface area is 169 Å². The molecule has 1 aromatic heterocycles. The van der Waals surface area contributed by atoms with Gasteiger partial charge in [-0.1, -0.05) is 19.3 Å². The first-order chi connectivity index (χ1) is 13.6. The summed E-state index contributed by atoms with van der Waals surface area (Å²) < 4.78 is 0. The zero-order valence-corrected chi connectivity index (χ0v) is 17.6. The van der Waals surface area contributed by atoms with E-state index in [9.17, 15) is 4.79 Å². The van der Waals surface area contributed by atoms with E-state index < -0.39 is 0 Å². The number of nitrogens with zero attached hydrogens (tertiary/aromatic N) is 5. The van der Waals surface area contributed by atoms with Crippen LogP contribution in [-0.4, -0.2) is 76.4 Å². The standard InChI is InChI=1S/C22H35N5O/c1-25-11-10-22(9-8-20(25)28)17-27(13-12-26(22)2)16-18-14-23-21(24-15-18)19-6-4-3-5-7-19/h14-15,19H,3-13,16-17H2,1-2H3/t22-/m1/s1. The van der Waals surface area contributed by atoms with Crippen LogP contribution < -0.4 is 0 Å². The minimum absolute atomic E-state index is 0.113. The van der Waals surface area contributed by atoms with Crippen LogP contribution in [0.1, 0.15) is 68.7 Å². The molecule has 1 aliphatic carbocycles. The SMILES string of the molecule is CN1CC[C@]2(CCC1=O)CN(Cc1cnc(C3CCCCC3)nc1)CCN2C. The van der Waals surface area contributed by atoms with Crippen LogP contribution in [0.25, 0.3) is 0 Å². The maximum absolute atomic E-state index is 12.2. The largest absolute Gasteiger partial charge is 0.346 e. The van der Waals surface area contributed by atoms with Crippen LogP contribution in [0.4, 0.5) is 0 Å². The van der Waals surface area contributed by atoms with Crippen molar-refractivity contribution in [3.63, 3.8) is 0 Å². The molecule has 1 atom stereocenters. The van der Waals surface area contributed by atoms with Gasteiger partial charge >= 0.3 is 0 Å². The molecule has 0 N–H and O–H groups in total. The lowest BCUT2D eigenvalue weighted by Gasteiger charge is -2.49. The number of amides is 1. The summed E-state index contributed by atoms with van der Waals surface area (Å²) in [5.41, 5.74) is 1.32. The Bertz CT molecular complexity index is 672. The van der Waals surface area contributed by atoms with Gasteiger partial charge in [0.05, 0.1) is 0 Å². The van der Waals surface area contributed by atoms with E-state index in [-0.39, 0.29) is 11.4 Å². The first kappa shape index (κ1) is 19.8. The average Bonchev–Trinajstić information content (AvgIpc) is 2.87. The number of carbonyl (C=O) groups is 1. The number of piperazine rings is 1. The number of hydrogen-bond donors (Lipinski definition) is 0. The summed E-state index contributed by atoms with van der Waals surface area (Å²) in [5.74, 6) is 1.90. The molecule has 1 aromatic rings. The summed E-state index contributed by atoms with van der Waals surface area (Å²) >= 11 is 0. The normalized spacial score (nSPS) is 28.6. The van der Waals surface area contributed by atoms with Crippen molar-refractivity contribution in [2.45, 2.75) is 69.4 Å². The Morgan fingerprint density at radius 3 is 2.54 bits per heavy atom. The molecule has 0 unspecified atom stereocenters. The highest BCUT2D eigenvalue weighted by Crippen LogP contribution is 2.33. The summed E-state index contributed by atoms with van der Waals surface area (Å²) in [7, 11) is 4.17. The molecule has 6 nitrogen and oxygen atoms in total. The molecule has 4 rings (SSSR count). The molecule has 0 aromatic carbocycles. The number of likely N-dealkylation sites (tertiary alicyclic amines) is 1. The van der Waals surface area contributed by atoms with Gasteiger partial charge in [0, 0.05) is 75.6 Å². The van der Waals surface area contributed by atoms with Gasteiger partial charge in [0.2, 0.25) is 5.91 Å². The van der Waals surface area contributed by atoms with Crippen molar-refractivity contribution in [3.8, 4) is 0 Å². The summed E-state index contributed by atoms with van der Waals surface area (Å²) in [5, 5.41) is 0. The third kappa shape index (κ3) is 4.23. The van der Waals surface area contributed by atoms with E-state index in [2.05, 4.69) is 16.8 Å². The van der Waals surface area contributed by atoms with Crippen LogP contribution >= 0.6 is 0 Å². The second kappa shape index (κ2) is 8.46. The number of rotatable bonds is 3. The fourth-order valence-electron chi connectivity index (χ4n) is 5.25. The predicted molar refractivity (Wildman–Crippen MR) is 110 cm³/mol. The van der Waals surface area contributed by atoms with Crippen molar-refractivity contribution in [2.24, 2.45) is 0 Å². The topological polar surface area (TPSA) is 52.6 Å². The highest BCUT2D eigenvalue weighted by molar-refractivity contribution is 5.76. The summed E-state index contributed by atoms with van der Waals surface area (Å²) in [4.78, 5) is 28.5. The maximum Gasteiger partial charge on any atom is 0.222 e. The van der Waals surface area contributed by atoms with Gasteiger partial charge < -0.3 is 4.90 Å². The first-order valence-corrected chi connectivity index (χ1v) is 11.0. The molecule has 1 spiro atoms. The predicted octanol–water partition coefficient (Wildman–Crippen LogP) is 2.65. The molecule has 1 saturated carbocycles. The van der Waals surface area contributed by atoms with Crippen molar-refractivity contribution >= 4 is 5.91 Å². The van der Waals surface area contributed by atoms with E-state index in [1.807, 2.05) is 24.3 Å². The number of likely N-dealkylation sites (N-methyl/N-ethyl adjacent to an activating group) is 1. The summed E-state index contributed by atoms with van der Waals surface area (Å²) in [6, 6.07) is 0. The lowest BCUT2D eigenvalue weighted by atomic mass is 9.86. The molecule has 6 heteroatoms. The Balaban J connectivity index is 1.40. The molecule has 2 saturated heterocycles. The van der Waals surface area contributed by atoms with E-state index in [0.717, 1.165) is 51.4 Å². The van der Waals surface area contributed by atoms with Gasteiger partial charge in [-0.2, -0.15) is 0 Å². The van der Waals surface area contributed by atoms with Crippen LogP contribution in [0, 0.1) is 0 Å². The van der Waals surface area contributed by atoms with Gasteiger partial charge in [0.15, 0.2) is 0 Å². The zero-order chi connectivity index (χ0) is 19.6. The third-order valence-electron chi connectivity index (χ3n) is 7.32. The van der Waals surface area contributed by atoms with Crippen molar-refractivity contribution in [1.29, 1.82) is 0 Å². The van der Waals surface area contributed by atoms with Crippen molar-refractivity contribution in [1.82, 2.24) is 24.7 Å². The molecule has 3 fully saturated rings. The fraction of sp³-hybridized carbons (Fsp3) is 0.773. The molecule has 0 bridgehead atoms. The van der Waals surface area contributed by atoms with E-state index in [0.29, 0.717) is 12.3 Å². The van der Waals surface area contributed by atoms with Gasteiger partial charge in [-0.3, -0.25) is 14.6 Å². The second-order valence-corrected chi connectivity index (χ2v) is 9.21. The third-order valence-corrected chi connectivity index (χ3v) is 7.32. The lowest BCUT2D eigenvalue weighted by molar-refractivity contribution is -0.129. The van der Waals surface area contributed by atoms with E-state index in [1.54, 1.807) is 0 Å². The highest BCUT2D eigenvalue weighted by Gasteiger charge is 2.41. The van der Waals surface area contributed by atoms with Gasteiger partial charge in [0.25, 0.3) is 0 Å². The number of carbonyl (C=O) groups excluding carboxylic acids is 1. The van der Waals surface area contributed by atoms with Crippen molar-refractivity contribution < 1.29 is 4.79 Å². The van der Waals surface area contributed by atoms with Crippen LogP contribution in [-0.2, 0) is 11.3 Å². The Morgan fingerprint density at radius 2 is 1.79 bits per heavy atom.